The smallest absolute Gasteiger partial charge is 0.278 e. The van der Waals surface area contributed by atoms with Gasteiger partial charge in [0.2, 0.25) is 5.88 Å². The highest BCUT2D eigenvalue weighted by Gasteiger charge is 2.22. The van der Waals surface area contributed by atoms with E-state index in [9.17, 15) is 15.4 Å². The number of nitrogens with zero attached hydrogens (tertiary/aromatic N) is 3. The third-order valence-electron chi connectivity index (χ3n) is 4.55. The van der Waals surface area contributed by atoms with Crippen LogP contribution in [0.2, 0.25) is 0 Å². The lowest BCUT2D eigenvalue weighted by atomic mass is 9.98. The monoisotopic (exact) mass is 393 g/mol. The molecule has 1 heterocycles. The minimum Gasteiger partial charge on any atom is -0.436 e. The molecule has 0 atom stereocenters. The first-order valence-corrected chi connectivity index (χ1v) is 9.14. The van der Waals surface area contributed by atoms with Crippen molar-refractivity contribution < 1.29 is 9.34 Å². The van der Waals surface area contributed by atoms with Gasteiger partial charge >= 0.3 is 0 Å². The maximum absolute atomic E-state index is 11.3. The van der Waals surface area contributed by atoms with Gasteiger partial charge in [0.15, 0.2) is 0 Å². The van der Waals surface area contributed by atoms with Gasteiger partial charge in [-0.3, -0.25) is 10.1 Å². The maximum atomic E-state index is 11.3. The molecule has 0 saturated carbocycles. The molecule has 4 rings (SSSR count). The third-order valence-corrected chi connectivity index (χ3v) is 4.55. The Labute approximate surface area is 172 Å². The summed E-state index contributed by atoms with van der Waals surface area (Å²) in [5.41, 5.74) is 2.79. The van der Waals surface area contributed by atoms with E-state index in [4.69, 9.17) is 4.42 Å². The molecule has 144 valence electrons. The number of nitro groups is 1. The highest BCUT2D eigenvalue weighted by atomic mass is 16.6. The summed E-state index contributed by atoms with van der Waals surface area (Å²) in [6, 6.07) is 27.4. The van der Waals surface area contributed by atoms with Crippen LogP contribution in [0.25, 0.3) is 22.5 Å². The van der Waals surface area contributed by atoms with Gasteiger partial charge in [0.05, 0.1) is 10.5 Å². The van der Waals surface area contributed by atoms with Crippen molar-refractivity contribution in [2.24, 2.45) is 4.99 Å². The summed E-state index contributed by atoms with van der Waals surface area (Å²) in [5, 5.41) is 21.1. The van der Waals surface area contributed by atoms with E-state index < -0.39 is 4.92 Å². The topological polar surface area (TPSA) is 92.4 Å². The number of rotatable bonds is 5. The van der Waals surface area contributed by atoms with Crippen molar-refractivity contribution in [1.82, 2.24) is 0 Å². The summed E-state index contributed by atoms with van der Waals surface area (Å²) in [7, 11) is 0. The van der Waals surface area contributed by atoms with E-state index in [2.05, 4.69) is 11.1 Å². The van der Waals surface area contributed by atoms with Gasteiger partial charge in [0.25, 0.3) is 5.69 Å². The molecule has 0 aliphatic heterocycles. The molecule has 4 aromatic rings. The van der Waals surface area contributed by atoms with Gasteiger partial charge in [-0.1, -0.05) is 72.8 Å². The molecule has 0 aliphatic carbocycles. The summed E-state index contributed by atoms with van der Waals surface area (Å²) in [6.45, 7) is 0. The van der Waals surface area contributed by atoms with E-state index in [1.54, 1.807) is 18.2 Å². The first-order valence-electron chi connectivity index (χ1n) is 9.14. The number of hydrogen-bond donors (Lipinski definition) is 0. The molecule has 30 heavy (non-hydrogen) atoms. The zero-order chi connectivity index (χ0) is 20.9. The molecule has 0 N–H and O–H groups in total. The van der Waals surface area contributed by atoms with Crippen LogP contribution in [0.4, 0.5) is 11.6 Å². The first-order chi connectivity index (χ1) is 14.7. The van der Waals surface area contributed by atoms with Gasteiger partial charge in [0, 0.05) is 23.4 Å². The first kappa shape index (κ1) is 18.8. The molecule has 0 radical (unpaired) electrons. The lowest BCUT2D eigenvalue weighted by Gasteiger charge is -2.03. The molecule has 0 saturated heterocycles. The number of nitriles is 1. The molecule has 0 bridgehead atoms. The summed E-state index contributed by atoms with van der Waals surface area (Å²) >= 11 is 0. The number of furan rings is 1. The molecule has 0 unspecified atom stereocenters. The lowest BCUT2D eigenvalue weighted by Crippen LogP contribution is -1.93. The predicted octanol–water partition coefficient (Wildman–Crippen LogP) is 6.14. The Kier molecular flexibility index (Phi) is 5.18. The van der Waals surface area contributed by atoms with E-state index in [0.717, 1.165) is 11.1 Å². The summed E-state index contributed by atoms with van der Waals surface area (Å²) < 4.78 is 6.01. The number of benzene rings is 3. The van der Waals surface area contributed by atoms with Crippen molar-refractivity contribution in [3.05, 3.63) is 106 Å². The van der Waals surface area contributed by atoms with E-state index in [-0.39, 0.29) is 17.1 Å². The number of para-hydroxylation sites is 1. The minimum atomic E-state index is -0.473. The predicted molar refractivity (Wildman–Crippen MR) is 115 cm³/mol. The lowest BCUT2D eigenvalue weighted by molar-refractivity contribution is -0.385. The van der Waals surface area contributed by atoms with Gasteiger partial charge in [-0.15, -0.1) is 0 Å². The fraction of sp³-hybridized carbons (Fsp3) is 0. The standard InChI is InChI=1S/C24H15N3O3/c25-15-20-22(17-9-3-1-4-10-17)23(18-11-5-2-6-12-18)30-24(20)26-16-19-13-7-8-14-21(19)27(28)29/h1-14,16H/b26-16+. The zero-order valence-electron chi connectivity index (χ0n) is 15.7. The molecule has 6 heteroatoms. The molecule has 0 spiro atoms. The van der Waals surface area contributed by atoms with Crippen LogP contribution in [-0.2, 0) is 0 Å². The highest BCUT2D eigenvalue weighted by Crippen LogP contribution is 2.42. The van der Waals surface area contributed by atoms with Crippen LogP contribution in [-0.4, -0.2) is 11.1 Å². The van der Waals surface area contributed by atoms with Crippen LogP contribution in [0.3, 0.4) is 0 Å². The Bertz CT molecular complexity index is 1270. The van der Waals surface area contributed by atoms with Gasteiger partial charge in [-0.2, -0.15) is 5.26 Å². The SMILES string of the molecule is N#Cc1c(/N=C/c2ccccc2[N+](=O)[O-])oc(-c2ccccc2)c1-c1ccccc1. The fourth-order valence-electron chi connectivity index (χ4n) is 3.18. The second-order valence-corrected chi connectivity index (χ2v) is 6.40. The van der Waals surface area contributed by atoms with Crippen LogP contribution < -0.4 is 0 Å². The van der Waals surface area contributed by atoms with Crippen molar-refractivity contribution in [2.75, 3.05) is 0 Å². The molecule has 1 aromatic heterocycles. The van der Waals surface area contributed by atoms with Crippen molar-refractivity contribution in [1.29, 1.82) is 5.26 Å². The third kappa shape index (κ3) is 3.60. The van der Waals surface area contributed by atoms with Crippen LogP contribution in [0.15, 0.2) is 94.3 Å². The van der Waals surface area contributed by atoms with Crippen molar-refractivity contribution in [2.45, 2.75) is 0 Å². The van der Waals surface area contributed by atoms with Gasteiger partial charge < -0.3 is 4.42 Å². The summed E-state index contributed by atoms with van der Waals surface area (Å²) in [6.07, 6.45) is 1.35. The number of nitro benzene ring substituents is 1. The average Bonchev–Trinajstić information content (AvgIpc) is 3.17. The largest absolute Gasteiger partial charge is 0.436 e. The highest BCUT2D eigenvalue weighted by molar-refractivity contribution is 5.91. The van der Waals surface area contributed by atoms with E-state index >= 15 is 0 Å². The quantitative estimate of drug-likeness (QED) is 0.231. The van der Waals surface area contributed by atoms with Crippen LogP contribution in [0.5, 0.6) is 0 Å². The molecule has 0 aliphatic rings. The Morgan fingerprint density at radius 1 is 0.900 bits per heavy atom. The van der Waals surface area contributed by atoms with Gasteiger partial charge in [0.1, 0.15) is 17.4 Å². The second-order valence-electron chi connectivity index (χ2n) is 6.40. The van der Waals surface area contributed by atoms with Gasteiger partial charge in [-0.25, -0.2) is 4.99 Å². The number of aliphatic imine (C=N–C) groups is 1. The normalized spacial score (nSPS) is 10.8. The minimum absolute atomic E-state index is 0.0714. The van der Waals surface area contributed by atoms with Crippen LogP contribution >= 0.6 is 0 Å². The Morgan fingerprint density at radius 2 is 1.50 bits per heavy atom. The molecule has 0 fully saturated rings. The average molecular weight is 393 g/mol. The van der Waals surface area contributed by atoms with Gasteiger partial charge in [-0.05, 0) is 11.6 Å². The van der Waals surface area contributed by atoms with Crippen molar-refractivity contribution >= 4 is 17.8 Å². The Hall–Kier alpha value is -4.50. The Balaban J connectivity index is 1.89. The van der Waals surface area contributed by atoms with Crippen molar-refractivity contribution in [3.8, 4) is 28.5 Å². The molecule has 6 nitrogen and oxygen atoms in total. The second kappa shape index (κ2) is 8.25. The molecule has 3 aromatic carbocycles. The molecular formula is C24H15N3O3. The van der Waals surface area contributed by atoms with Crippen LogP contribution in [0, 0.1) is 21.4 Å². The van der Waals surface area contributed by atoms with Crippen LogP contribution in [0.1, 0.15) is 11.1 Å². The maximum Gasteiger partial charge on any atom is 0.278 e. The fourth-order valence-corrected chi connectivity index (χ4v) is 3.18. The zero-order valence-corrected chi connectivity index (χ0v) is 15.7. The molecule has 0 amide bonds. The van der Waals surface area contributed by atoms with E-state index in [1.807, 2.05) is 60.7 Å². The van der Waals surface area contributed by atoms with E-state index in [1.165, 1.54) is 12.3 Å². The van der Waals surface area contributed by atoms with E-state index in [0.29, 0.717) is 16.9 Å². The Morgan fingerprint density at radius 3 is 2.13 bits per heavy atom. The number of hydrogen-bond acceptors (Lipinski definition) is 5. The summed E-state index contributed by atoms with van der Waals surface area (Å²) in [4.78, 5) is 15.1. The van der Waals surface area contributed by atoms with Crippen molar-refractivity contribution in [3.63, 3.8) is 0 Å². The summed E-state index contributed by atoms with van der Waals surface area (Å²) in [5.74, 6) is 0.626. The molecular weight excluding hydrogens is 378 g/mol.